The van der Waals surface area contributed by atoms with Crippen molar-refractivity contribution in [2.45, 2.75) is 46.4 Å². The maximum atomic E-state index is 13.6. The van der Waals surface area contributed by atoms with Gasteiger partial charge in [-0.1, -0.05) is 48.5 Å². The molecule has 1 aromatic heterocycles. The molecule has 3 aromatic carbocycles. The number of fused-ring (bicyclic) bond motifs is 1. The number of aromatic nitrogens is 2. The summed E-state index contributed by atoms with van der Waals surface area (Å²) in [5, 5.41) is 11.2. The largest absolute Gasteiger partial charge is 0.380 e. The number of nitrogens with zero attached hydrogens (tertiary/aromatic N) is 3. The molecule has 5 heteroatoms. The molecule has 0 fully saturated rings. The number of aliphatic hydroxyl groups is 1. The van der Waals surface area contributed by atoms with Crippen molar-refractivity contribution in [1.29, 1.82) is 0 Å². The number of carbonyl (C=O) groups excluding carboxylic acids is 1. The SMILES string of the molecule is Cc1cc2nc(C(O)c3ccccc3)n(CC(=O)N(c3ccccc3)C(C)C)c2cc1C. The molecule has 1 amide bonds. The number of para-hydroxylation sites is 1. The molecule has 32 heavy (non-hydrogen) atoms. The van der Waals surface area contributed by atoms with Crippen LogP contribution in [0.25, 0.3) is 11.0 Å². The van der Waals surface area contributed by atoms with Gasteiger partial charge in [-0.25, -0.2) is 4.98 Å². The van der Waals surface area contributed by atoms with Crippen LogP contribution in [0.5, 0.6) is 0 Å². The lowest BCUT2D eigenvalue weighted by atomic mass is 10.1. The number of rotatable bonds is 6. The molecule has 1 unspecified atom stereocenters. The Hall–Kier alpha value is -3.44. The smallest absolute Gasteiger partial charge is 0.247 e. The van der Waals surface area contributed by atoms with Gasteiger partial charge in [-0.2, -0.15) is 0 Å². The van der Waals surface area contributed by atoms with Crippen LogP contribution >= 0.6 is 0 Å². The van der Waals surface area contributed by atoms with E-state index in [0.717, 1.165) is 33.4 Å². The first-order valence-electron chi connectivity index (χ1n) is 10.9. The third-order valence-electron chi connectivity index (χ3n) is 5.87. The molecular weight excluding hydrogens is 398 g/mol. The lowest BCUT2D eigenvalue weighted by Crippen LogP contribution is -2.39. The van der Waals surface area contributed by atoms with Gasteiger partial charge in [0.2, 0.25) is 5.91 Å². The van der Waals surface area contributed by atoms with Gasteiger partial charge >= 0.3 is 0 Å². The minimum atomic E-state index is -0.929. The second-order valence-electron chi connectivity index (χ2n) is 8.49. The van der Waals surface area contributed by atoms with Crippen LogP contribution in [0.4, 0.5) is 5.69 Å². The van der Waals surface area contributed by atoms with Crippen molar-refractivity contribution in [1.82, 2.24) is 9.55 Å². The van der Waals surface area contributed by atoms with Gasteiger partial charge in [0.25, 0.3) is 0 Å². The van der Waals surface area contributed by atoms with E-state index in [1.807, 2.05) is 105 Å². The summed E-state index contributed by atoms with van der Waals surface area (Å²) in [6, 6.07) is 23.2. The van der Waals surface area contributed by atoms with Crippen LogP contribution in [0.1, 0.15) is 42.5 Å². The highest BCUT2D eigenvalue weighted by Crippen LogP contribution is 2.28. The Balaban J connectivity index is 1.81. The van der Waals surface area contributed by atoms with Gasteiger partial charge in [0.1, 0.15) is 18.5 Å². The highest BCUT2D eigenvalue weighted by Gasteiger charge is 2.25. The molecule has 1 N–H and O–H groups in total. The number of benzene rings is 3. The Kier molecular flexibility index (Phi) is 6.10. The van der Waals surface area contributed by atoms with E-state index < -0.39 is 6.10 Å². The average Bonchev–Trinajstić information content (AvgIpc) is 3.11. The van der Waals surface area contributed by atoms with E-state index in [9.17, 15) is 9.90 Å². The molecular formula is C27H29N3O2. The number of hydrogen-bond donors (Lipinski definition) is 1. The van der Waals surface area contributed by atoms with E-state index in [4.69, 9.17) is 4.98 Å². The number of aliphatic hydroxyl groups excluding tert-OH is 1. The molecule has 4 rings (SSSR count). The van der Waals surface area contributed by atoms with E-state index in [2.05, 4.69) is 0 Å². The van der Waals surface area contributed by atoms with Crippen LogP contribution < -0.4 is 4.90 Å². The zero-order valence-electron chi connectivity index (χ0n) is 19.0. The fourth-order valence-corrected chi connectivity index (χ4v) is 4.09. The van der Waals surface area contributed by atoms with E-state index in [1.54, 1.807) is 4.90 Å². The number of anilines is 1. The maximum absolute atomic E-state index is 13.6. The first-order valence-corrected chi connectivity index (χ1v) is 10.9. The molecule has 0 saturated heterocycles. The summed E-state index contributed by atoms with van der Waals surface area (Å²) < 4.78 is 1.86. The molecule has 0 bridgehead atoms. The fourth-order valence-electron chi connectivity index (χ4n) is 4.09. The highest BCUT2D eigenvalue weighted by atomic mass is 16.3. The quantitative estimate of drug-likeness (QED) is 0.461. The van der Waals surface area contributed by atoms with Crippen molar-refractivity contribution in [2.24, 2.45) is 0 Å². The molecule has 164 valence electrons. The van der Waals surface area contributed by atoms with Crippen LogP contribution in [0.3, 0.4) is 0 Å². The van der Waals surface area contributed by atoms with Crippen molar-refractivity contribution in [3.63, 3.8) is 0 Å². The van der Waals surface area contributed by atoms with Crippen molar-refractivity contribution in [2.75, 3.05) is 4.90 Å². The monoisotopic (exact) mass is 427 g/mol. The van der Waals surface area contributed by atoms with E-state index in [-0.39, 0.29) is 18.5 Å². The molecule has 0 saturated carbocycles. The highest BCUT2D eigenvalue weighted by molar-refractivity contribution is 5.94. The second kappa shape index (κ2) is 8.97. The number of carbonyl (C=O) groups is 1. The Morgan fingerprint density at radius 1 is 0.969 bits per heavy atom. The lowest BCUT2D eigenvalue weighted by Gasteiger charge is -2.27. The van der Waals surface area contributed by atoms with E-state index in [0.29, 0.717) is 5.82 Å². The summed E-state index contributed by atoms with van der Waals surface area (Å²) in [6.07, 6.45) is -0.929. The topological polar surface area (TPSA) is 58.4 Å². The van der Waals surface area contributed by atoms with Crippen LogP contribution in [0.2, 0.25) is 0 Å². The van der Waals surface area contributed by atoms with Gasteiger partial charge in [0.15, 0.2) is 0 Å². The predicted molar refractivity (Wildman–Crippen MR) is 129 cm³/mol. The summed E-state index contributed by atoms with van der Waals surface area (Å²) >= 11 is 0. The van der Waals surface area contributed by atoms with Gasteiger partial charge in [0.05, 0.1) is 11.0 Å². The first-order chi connectivity index (χ1) is 15.4. The molecule has 4 aromatic rings. The van der Waals surface area contributed by atoms with Crippen LogP contribution in [-0.4, -0.2) is 26.6 Å². The zero-order valence-corrected chi connectivity index (χ0v) is 19.0. The molecule has 0 aliphatic rings. The number of amides is 1. The average molecular weight is 428 g/mol. The maximum Gasteiger partial charge on any atom is 0.247 e. The Labute approximate surface area is 189 Å². The summed E-state index contributed by atoms with van der Waals surface area (Å²) in [7, 11) is 0. The molecule has 1 atom stereocenters. The molecule has 0 aliphatic heterocycles. The zero-order chi connectivity index (χ0) is 22.8. The molecule has 5 nitrogen and oxygen atoms in total. The van der Waals surface area contributed by atoms with Crippen molar-refractivity contribution < 1.29 is 9.90 Å². The number of aryl methyl sites for hydroxylation is 2. The fraction of sp³-hybridized carbons (Fsp3) is 0.259. The predicted octanol–water partition coefficient (Wildman–Crippen LogP) is 5.18. The van der Waals surface area contributed by atoms with Crippen molar-refractivity contribution >= 4 is 22.6 Å². The van der Waals surface area contributed by atoms with Gasteiger partial charge in [-0.05, 0) is 68.7 Å². The molecule has 0 radical (unpaired) electrons. The molecule has 0 spiro atoms. The van der Waals surface area contributed by atoms with Crippen molar-refractivity contribution in [3.8, 4) is 0 Å². The van der Waals surface area contributed by atoms with Gasteiger partial charge in [0, 0.05) is 11.7 Å². The van der Waals surface area contributed by atoms with Crippen molar-refractivity contribution in [3.05, 3.63) is 95.3 Å². The summed E-state index contributed by atoms with van der Waals surface area (Å²) in [5.41, 5.74) is 5.48. The molecule has 1 heterocycles. The standard InChI is InChI=1S/C27H29N3O2/c1-18(2)30(22-13-9-6-10-14-22)25(31)17-29-24-16-20(4)19(3)15-23(24)28-27(29)26(32)21-11-7-5-8-12-21/h5-16,18,26,32H,17H2,1-4H3. The third-order valence-corrected chi connectivity index (χ3v) is 5.87. The summed E-state index contributed by atoms with van der Waals surface area (Å²) in [5.74, 6) is 0.423. The normalized spacial score (nSPS) is 12.3. The number of hydrogen-bond acceptors (Lipinski definition) is 3. The van der Waals surface area contributed by atoms with E-state index >= 15 is 0 Å². The van der Waals surface area contributed by atoms with E-state index in [1.165, 1.54) is 0 Å². The van der Waals surface area contributed by atoms with Gasteiger partial charge in [-0.15, -0.1) is 0 Å². The van der Waals surface area contributed by atoms with Crippen LogP contribution in [-0.2, 0) is 11.3 Å². The third kappa shape index (κ3) is 4.16. The second-order valence-corrected chi connectivity index (χ2v) is 8.49. The Morgan fingerprint density at radius 2 is 1.56 bits per heavy atom. The van der Waals surface area contributed by atoms with Gasteiger partial charge in [-0.3, -0.25) is 4.79 Å². The summed E-state index contributed by atoms with van der Waals surface area (Å²) in [4.78, 5) is 20.1. The molecule has 0 aliphatic carbocycles. The first kappa shape index (κ1) is 21.8. The minimum absolute atomic E-state index is 0.00818. The lowest BCUT2D eigenvalue weighted by molar-refractivity contribution is -0.119. The Morgan fingerprint density at radius 3 is 2.19 bits per heavy atom. The number of imidazole rings is 1. The van der Waals surface area contributed by atoms with Gasteiger partial charge < -0.3 is 14.6 Å². The summed E-state index contributed by atoms with van der Waals surface area (Å²) in [6.45, 7) is 8.19. The minimum Gasteiger partial charge on any atom is -0.380 e. The van der Waals surface area contributed by atoms with Crippen LogP contribution in [0.15, 0.2) is 72.8 Å². The van der Waals surface area contributed by atoms with Crippen LogP contribution in [0, 0.1) is 13.8 Å². The Bertz CT molecular complexity index is 1230.